The monoisotopic (exact) mass is 466 g/mol. The molecule has 0 radical (unpaired) electrons. The Morgan fingerprint density at radius 1 is 1.26 bits per heavy atom. The van der Waals surface area contributed by atoms with Gasteiger partial charge in [-0.1, -0.05) is 37.1 Å². The van der Waals surface area contributed by atoms with E-state index in [0.717, 1.165) is 17.1 Å². The molecule has 168 valence electrons. The molecule has 1 amide bonds. The summed E-state index contributed by atoms with van der Waals surface area (Å²) in [5, 5.41) is 3.14. The molecule has 0 aliphatic heterocycles. The Morgan fingerprint density at radius 3 is 2.48 bits per heavy atom. The lowest BCUT2D eigenvalue weighted by atomic mass is 10.0. The predicted octanol–water partition coefficient (Wildman–Crippen LogP) is 5.09. The first kappa shape index (κ1) is 24.9. The van der Waals surface area contributed by atoms with Crippen molar-refractivity contribution in [3.63, 3.8) is 0 Å². The number of carbonyl (C=O) groups is 1. The second kappa shape index (κ2) is 10.8. The zero-order valence-corrected chi connectivity index (χ0v) is 19.5. The van der Waals surface area contributed by atoms with Crippen molar-refractivity contribution in [2.45, 2.75) is 44.6 Å². The van der Waals surface area contributed by atoms with Crippen LogP contribution in [0.1, 0.15) is 32.3 Å². The number of carbonyl (C=O) groups excluding carboxylic acids is 1. The van der Waals surface area contributed by atoms with Crippen LogP contribution >= 0.6 is 11.6 Å². The molecule has 0 heterocycles. The molecule has 2 atom stereocenters. The first-order chi connectivity index (χ1) is 14.6. The summed E-state index contributed by atoms with van der Waals surface area (Å²) in [7, 11) is -4.26. The van der Waals surface area contributed by atoms with E-state index in [4.69, 9.17) is 11.6 Å². The average molecular weight is 467 g/mol. The van der Waals surface area contributed by atoms with Gasteiger partial charge in [-0.05, 0) is 68.1 Å². The van der Waals surface area contributed by atoms with Gasteiger partial charge in [0.1, 0.15) is 11.9 Å². The van der Waals surface area contributed by atoms with Crippen LogP contribution in [0.2, 0.25) is 5.02 Å². The summed E-state index contributed by atoms with van der Waals surface area (Å²) < 4.78 is 42.5. The third-order valence-electron chi connectivity index (χ3n) is 4.97. The van der Waals surface area contributed by atoms with Crippen LogP contribution in [0.15, 0.2) is 60.0 Å². The van der Waals surface area contributed by atoms with Crippen molar-refractivity contribution in [3.05, 3.63) is 71.5 Å². The van der Waals surface area contributed by atoms with Gasteiger partial charge in [0.25, 0.3) is 10.0 Å². The van der Waals surface area contributed by atoms with Crippen molar-refractivity contribution in [1.82, 2.24) is 5.32 Å². The summed E-state index contributed by atoms with van der Waals surface area (Å²) in [6.45, 7) is 9.29. The Labute approximate surface area is 189 Å². The fourth-order valence-electron chi connectivity index (χ4n) is 3.22. The number of nitrogens with one attached hydrogen (secondary N) is 1. The molecule has 2 aromatic carbocycles. The van der Waals surface area contributed by atoms with Gasteiger partial charge in [0.15, 0.2) is 0 Å². The Hall–Kier alpha value is -2.38. The number of nitrogens with zero attached hydrogens (tertiary/aromatic N) is 1. The molecule has 5 nitrogen and oxygen atoms in total. The molecule has 8 heteroatoms. The molecule has 0 saturated carbocycles. The summed E-state index contributed by atoms with van der Waals surface area (Å²) in [6, 6.07) is 8.48. The highest BCUT2D eigenvalue weighted by Crippen LogP contribution is 2.30. The summed E-state index contributed by atoms with van der Waals surface area (Å²) in [5.74, 6) is -1.20. The van der Waals surface area contributed by atoms with Gasteiger partial charge < -0.3 is 5.32 Å². The van der Waals surface area contributed by atoms with Gasteiger partial charge in [-0.25, -0.2) is 12.8 Å². The van der Waals surface area contributed by atoms with Gasteiger partial charge in [-0.15, -0.1) is 6.58 Å². The molecule has 2 rings (SSSR count). The smallest absolute Gasteiger partial charge is 0.265 e. The van der Waals surface area contributed by atoms with E-state index in [9.17, 15) is 17.6 Å². The van der Waals surface area contributed by atoms with Gasteiger partial charge in [0, 0.05) is 11.6 Å². The molecule has 31 heavy (non-hydrogen) atoms. The standard InChI is InChI=1S/C23H28ClFN2O3S/c1-5-7-18(6-2)15-26-23(28)17(4)27(22-14-16(3)8-13-21(22)25)31(29,30)20-11-9-19(24)10-12-20/h6,8-14,17-18H,2,5,7,15H2,1,3-4H3,(H,26,28)/t17?,18-/m0/s1. The molecule has 0 bridgehead atoms. The fraction of sp³-hybridized carbons (Fsp3) is 0.348. The summed E-state index contributed by atoms with van der Waals surface area (Å²) >= 11 is 5.89. The highest BCUT2D eigenvalue weighted by molar-refractivity contribution is 7.93. The van der Waals surface area contributed by atoms with Gasteiger partial charge >= 0.3 is 0 Å². The maximum Gasteiger partial charge on any atom is 0.265 e. The molecule has 0 aromatic heterocycles. The lowest BCUT2D eigenvalue weighted by molar-refractivity contribution is -0.121. The van der Waals surface area contributed by atoms with Crippen LogP contribution in [0.4, 0.5) is 10.1 Å². The van der Waals surface area contributed by atoms with Crippen LogP contribution in [-0.2, 0) is 14.8 Å². The van der Waals surface area contributed by atoms with Gasteiger partial charge in [-0.2, -0.15) is 0 Å². The fourth-order valence-corrected chi connectivity index (χ4v) is 4.96. The van der Waals surface area contributed by atoms with Crippen LogP contribution in [0.25, 0.3) is 0 Å². The number of rotatable bonds is 10. The number of aryl methyl sites for hydroxylation is 1. The Bertz CT molecular complexity index is 1030. The first-order valence-electron chi connectivity index (χ1n) is 10.1. The van der Waals surface area contributed by atoms with Gasteiger partial charge in [0.05, 0.1) is 10.6 Å². The molecule has 2 aromatic rings. The Kier molecular flexibility index (Phi) is 8.65. The van der Waals surface area contributed by atoms with E-state index in [1.54, 1.807) is 13.0 Å². The highest BCUT2D eigenvalue weighted by Gasteiger charge is 2.35. The van der Waals surface area contributed by atoms with E-state index >= 15 is 0 Å². The number of anilines is 1. The maximum atomic E-state index is 14.8. The lowest BCUT2D eigenvalue weighted by Crippen LogP contribution is -2.49. The second-order valence-corrected chi connectivity index (χ2v) is 9.67. The number of hydrogen-bond acceptors (Lipinski definition) is 3. The van der Waals surface area contributed by atoms with Crippen molar-refractivity contribution < 1.29 is 17.6 Å². The summed E-state index contributed by atoms with van der Waals surface area (Å²) in [6.07, 6.45) is 3.53. The van der Waals surface area contributed by atoms with Crippen molar-refractivity contribution in [3.8, 4) is 0 Å². The van der Waals surface area contributed by atoms with Gasteiger partial charge in [0.2, 0.25) is 5.91 Å². The molecule has 0 fully saturated rings. The first-order valence-corrected chi connectivity index (χ1v) is 11.9. The second-order valence-electron chi connectivity index (χ2n) is 7.42. The van der Waals surface area contributed by atoms with E-state index in [2.05, 4.69) is 11.9 Å². The molecule has 0 aliphatic rings. The third-order valence-corrected chi connectivity index (χ3v) is 7.12. The number of halogens is 2. The molecular weight excluding hydrogens is 439 g/mol. The highest BCUT2D eigenvalue weighted by atomic mass is 35.5. The maximum absolute atomic E-state index is 14.8. The lowest BCUT2D eigenvalue weighted by Gasteiger charge is -2.30. The van der Waals surface area contributed by atoms with E-state index < -0.39 is 27.8 Å². The molecule has 0 saturated heterocycles. The molecule has 1 unspecified atom stereocenters. The summed E-state index contributed by atoms with van der Waals surface area (Å²) in [4.78, 5) is 12.8. The summed E-state index contributed by atoms with van der Waals surface area (Å²) in [5.41, 5.74) is 0.474. The van der Waals surface area contributed by atoms with Crippen molar-refractivity contribution >= 4 is 33.2 Å². The van der Waals surface area contributed by atoms with Crippen LogP contribution in [0.5, 0.6) is 0 Å². The Balaban J connectivity index is 2.47. The topological polar surface area (TPSA) is 66.5 Å². The minimum Gasteiger partial charge on any atom is -0.354 e. The van der Waals surface area contributed by atoms with Gasteiger partial charge in [-0.3, -0.25) is 9.10 Å². The minimum atomic E-state index is -4.26. The molecule has 0 aliphatic carbocycles. The number of sulfonamides is 1. The average Bonchev–Trinajstić information content (AvgIpc) is 2.73. The van der Waals surface area contributed by atoms with Crippen molar-refractivity contribution in [2.75, 3.05) is 10.8 Å². The SMILES string of the molecule is C=C[C@@H](CCC)CNC(=O)C(C)N(c1cc(C)ccc1F)S(=O)(=O)c1ccc(Cl)cc1. The zero-order chi connectivity index (χ0) is 23.2. The number of benzene rings is 2. The van der Waals surface area contributed by atoms with E-state index in [1.807, 2.05) is 6.92 Å². The largest absolute Gasteiger partial charge is 0.354 e. The molecule has 0 spiro atoms. The van der Waals surface area contributed by atoms with E-state index in [-0.39, 0.29) is 16.5 Å². The predicted molar refractivity (Wildman–Crippen MR) is 123 cm³/mol. The normalized spacial score (nSPS) is 13.3. The zero-order valence-electron chi connectivity index (χ0n) is 17.9. The van der Waals surface area contributed by atoms with E-state index in [0.29, 0.717) is 17.1 Å². The van der Waals surface area contributed by atoms with E-state index in [1.165, 1.54) is 49.4 Å². The Morgan fingerprint density at radius 2 is 1.90 bits per heavy atom. The van der Waals surface area contributed by atoms with Crippen molar-refractivity contribution in [1.29, 1.82) is 0 Å². The molecular formula is C23H28ClFN2O3S. The van der Waals surface area contributed by atoms with Crippen LogP contribution in [0.3, 0.4) is 0 Å². The molecule has 1 N–H and O–H groups in total. The number of amides is 1. The third kappa shape index (κ3) is 6.08. The van der Waals surface area contributed by atoms with Crippen LogP contribution in [-0.4, -0.2) is 26.9 Å². The van der Waals surface area contributed by atoms with Crippen LogP contribution in [0, 0.1) is 18.7 Å². The number of hydrogen-bond donors (Lipinski definition) is 1. The van der Waals surface area contributed by atoms with Crippen LogP contribution < -0.4 is 9.62 Å². The minimum absolute atomic E-state index is 0.0678. The quantitative estimate of drug-likeness (QED) is 0.496. The van der Waals surface area contributed by atoms with Crippen molar-refractivity contribution in [2.24, 2.45) is 5.92 Å².